The number of aliphatic imine (C=N–C) groups is 3. The highest BCUT2D eigenvalue weighted by molar-refractivity contribution is 8.03. The maximum absolute atomic E-state index is 5.20. The average molecular weight is 750 g/mol. The lowest BCUT2D eigenvalue weighted by molar-refractivity contribution is 0.851. The fourth-order valence-electron chi connectivity index (χ4n) is 8.42. The van der Waals surface area contributed by atoms with Gasteiger partial charge in [0.1, 0.15) is 0 Å². The maximum Gasteiger partial charge on any atom is 0.161 e. The monoisotopic (exact) mass is 749 g/mol. The molecular weight excluding hydrogens is 711 g/mol. The molecule has 1 atom stereocenters. The van der Waals surface area contributed by atoms with Crippen molar-refractivity contribution in [3.8, 4) is 33.4 Å². The van der Waals surface area contributed by atoms with E-state index in [-0.39, 0.29) is 0 Å². The van der Waals surface area contributed by atoms with Gasteiger partial charge in [0.25, 0.3) is 0 Å². The Bertz CT molecular complexity index is 2790. The van der Waals surface area contributed by atoms with Crippen molar-refractivity contribution in [1.29, 1.82) is 0 Å². The van der Waals surface area contributed by atoms with Crippen LogP contribution in [0.3, 0.4) is 0 Å². The summed E-state index contributed by atoms with van der Waals surface area (Å²) in [6.07, 6.45) is 6.60. The fraction of sp³-hybridized carbons (Fsp3) is 0.0755. The van der Waals surface area contributed by atoms with E-state index >= 15 is 0 Å². The van der Waals surface area contributed by atoms with E-state index in [0.29, 0.717) is 24.1 Å². The van der Waals surface area contributed by atoms with Gasteiger partial charge in [0.2, 0.25) is 0 Å². The third-order valence-electron chi connectivity index (χ3n) is 11.3. The Hall–Kier alpha value is -6.62. The van der Waals surface area contributed by atoms with Gasteiger partial charge in [-0.15, -0.1) is 0 Å². The first-order valence-corrected chi connectivity index (χ1v) is 20.3. The third kappa shape index (κ3) is 6.83. The van der Waals surface area contributed by atoms with Crippen LogP contribution in [0.2, 0.25) is 0 Å². The largest absolute Gasteiger partial charge is 0.261 e. The van der Waals surface area contributed by atoms with E-state index in [4.69, 9.17) is 9.98 Å². The molecule has 0 N–H and O–H groups in total. The zero-order valence-corrected chi connectivity index (χ0v) is 32.3. The van der Waals surface area contributed by atoms with Crippen LogP contribution < -0.4 is 0 Å². The molecule has 0 bridgehead atoms. The molecule has 0 spiro atoms. The first kappa shape index (κ1) is 34.8. The minimum absolute atomic E-state index is 0.385. The van der Waals surface area contributed by atoms with Crippen LogP contribution in [-0.2, 0) is 13.0 Å². The molecule has 57 heavy (non-hydrogen) atoms. The summed E-state index contributed by atoms with van der Waals surface area (Å²) >= 11 is 1.92. The maximum atomic E-state index is 5.20. The Morgan fingerprint density at radius 2 is 1.28 bits per heavy atom. The second kappa shape index (κ2) is 15.1. The van der Waals surface area contributed by atoms with Gasteiger partial charge in [-0.2, -0.15) is 0 Å². The van der Waals surface area contributed by atoms with Gasteiger partial charge < -0.3 is 0 Å². The molecule has 4 heteroatoms. The van der Waals surface area contributed by atoms with Crippen LogP contribution in [0.25, 0.3) is 39.0 Å². The molecule has 2 aliphatic carbocycles. The van der Waals surface area contributed by atoms with Crippen molar-refractivity contribution in [1.82, 2.24) is 0 Å². The Labute approximate surface area is 338 Å². The van der Waals surface area contributed by atoms with E-state index in [2.05, 4.69) is 176 Å². The van der Waals surface area contributed by atoms with Crippen LogP contribution in [0.1, 0.15) is 51.3 Å². The number of amidine groups is 2. The highest BCUT2D eigenvalue weighted by Gasteiger charge is 2.32. The molecule has 0 radical (unpaired) electrons. The smallest absolute Gasteiger partial charge is 0.161 e. The lowest BCUT2D eigenvalue weighted by atomic mass is 9.84. The topological polar surface area (TPSA) is 37.1 Å². The number of hydrogen-bond donors (Lipinski definition) is 0. The molecule has 7 aromatic rings. The van der Waals surface area contributed by atoms with Crippen molar-refractivity contribution in [2.24, 2.45) is 15.0 Å². The molecule has 7 aromatic carbocycles. The number of benzene rings is 7. The summed E-state index contributed by atoms with van der Waals surface area (Å²) in [5.41, 5.74) is 17.1. The summed E-state index contributed by atoms with van der Waals surface area (Å²) in [5, 5.41) is 0. The van der Waals surface area contributed by atoms with Gasteiger partial charge in [-0.1, -0.05) is 188 Å². The minimum Gasteiger partial charge on any atom is -0.261 e. The number of hydrogen-bond acceptors (Lipinski definition) is 2. The van der Waals surface area contributed by atoms with Crippen molar-refractivity contribution in [3.05, 3.63) is 226 Å². The Kier molecular flexibility index (Phi) is 9.25. The SMILES string of the molecule is C=N/C(=N\C(=N/Cc1ccc2c(c1)Cc1ccccc1-2)c1ccc(-c2cccc3c2SC2=CC=C(c4ccccc4)CC23)cc1)c1cccc(-c2ccccc2)c1. The zero-order chi connectivity index (χ0) is 38.1. The Morgan fingerprint density at radius 3 is 2.11 bits per heavy atom. The lowest BCUT2D eigenvalue weighted by Crippen LogP contribution is -2.06. The molecule has 3 nitrogen and oxygen atoms in total. The number of rotatable bonds is 7. The zero-order valence-electron chi connectivity index (χ0n) is 31.5. The molecule has 0 saturated carbocycles. The van der Waals surface area contributed by atoms with Crippen LogP contribution in [0.5, 0.6) is 0 Å². The normalized spacial score (nSPS) is 15.5. The van der Waals surface area contributed by atoms with Crippen molar-refractivity contribution in [3.63, 3.8) is 0 Å². The molecule has 0 saturated heterocycles. The van der Waals surface area contributed by atoms with E-state index in [1.165, 1.54) is 59.9 Å². The summed E-state index contributed by atoms with van der Waals surface area (Å²) in [6.45, 7) is 4.45. The van der Waals surface area contributed by atoms with E-state index in [9.17, 15) is 0 Å². The molecule has 3 aliphatic rings. The Morgan fingerprint density at radius 1 is 0.561 bits per heavy atom. The first-order chi connectivity index (χ1) is 28.2. The summed E-state index contributed by atoms with van der Waals surface area (Å²) < 4.78 is 0. The van der Waals surface area contributed by atoms with Crippen LogP contribution in [0.4, 0.5) is 0 Å². The average Bonchev–Trinajstić information content (AvgIpc) is 3.85. The Balaban J connectivity index is 0.983. The van der Waals surface area contributed by atoms with E-state index in [1.54, 1.807) is 0 Å². The van der Waals surface area contributed by atoms with Gasteiger partial charge >= 0.3 is 0 Å². The highest BCUT2D eigenvalue weighted by Crippen LogP contribution is 2.56. The second-order valence-electron chi connectivity index (χ2n) is 14.8. The van der Waals surface area contributed by atoms with Crippen LogP contribution in [0.15, 0.2) is 207 Å². The van der Waals surface area contributed by atoms with Crippen molar-refractivity contribution in [2.75, 3.05) is 0 Å². The standard InChI is InChI=1S/C53H39N3S/c1-54-52(43-18-10-17-40(31-43)36-12-4-2-5-13-36)56-53(55-34-35-22-28-46-44(30-35)32-42-16-8-9-19-45(42)46)39-25-23-38(24-26-39)47-20-11-21-48-49-33-41(37-14-6-3-7-15-37)27-29-50(49)57-51(47)48/h2-31,49H,1,32-34H2/b55-53-,56-52-. The number of thioether (sulfide) groups is 1. The molecule has 10 rings (SSSR count). The van der Waals surface area contributed by atoms with Crippen LogP contribution in [-0.4, -0.2) is 18.4 Å². The van der Waals surface area contributed by atoms with Crippen LogP contribution >= 0.6 is 11.8 Å². The summed E-state index contributed by atoms with van der Waals surface area (Å²) in [7, 11) is 0. The van der Waals surface area contributed by atoms with Crippen molar-refractivity contribution >= 4 is 35.7 Å². The third-order valence-corrected chi connectivity index (χ3v) is 12.6. The summed E-state index contributed by atoms with van der Waals surface area (Å²) in [4.78, 5) is 17.6. The molecule has 0 aromatic heterocycles. The van der Waals surface area contributed by atoms with Gasteiger partial charge in [-0.05, 0) is 97.3 Å². The number of nitrogens with zero attached hydrogens (tertiary/aromatic N) is 3. The molecule has 0 fully saturated rings. The predicted octanol–water partition coefficient (Wildman–Crippen LogP) is 13.2. The van der Waals surface area contributed by atoms with Gasteiger partial charge in [0.05, 0.1) is 6.54 Å². The van der Waals surface area contributed by atoms with Crippen molar-refractivity contribution < 1.29 is 0 Å². The summed E-state index contributed by atoms with van der Waals surface area (Å²) in [5.74, 6) is 1.55. The molecule has 0 amide bonds. The molecule has 1 aliphatic heterocycles. The first-order valence-electron chi connectivity index (χ1n) is 19.5. The fourth-order valence-corrected chi connectivity index (χ4v) is 9.77. The molecule has 1 heterocycles. The van der Waals surface area contributed by atoms with Crippen molar-refractivity contribution in [2.45, 2.75) is 30.2 Å². The van der Waals surface area contributed by atoms with E-state index in [0.717, 1.165) is 40.7 Å². The van der Waals surface area contributed by atoms with Gasteiger partial charge in [-0.25, -0.2) is 9.98 Å². The van der Waals surface area contributed by atoms with E-state index in [1.807, 2.05) is 30.0 Å². The van der Waals surface area contributed by atoms with Gasteiger partial charge in [-0.3, -0.25) is 4.99 Å². The number of fused-ring (bicyclic) bond motifs is 6. The van der Waals surface area contributed by atoms with Gasteiger partial charge in [0.15, 0.2) is 11.7 Å². The van der Waals surface area contributed by atoms with Crippen LogP contribution in [0, 0.1) is 0 Å². The number of allylic oxidation sites excluding steroid dienone is 4. The second-order valence-corrected chi connectivity index (χ2v) is 15.9. The quantitative estimate of drug-likeness (QED) is 0.118. The molecule has 272 valence electrons. The molecule has 1 unspecified atom stereocenters. The summed E-state index contributed by atoms with van der Waals surface area (Å²) in [6, 6.07) is 60.4. The molecular formula is C53H39N3S. The lowest BCUT2D eigenvalue weighted by Gasteiger charge is -2.19. The minimum atomic E-state index is 0.385. The van der Waals surface area contributed by atoms with Gasteiger partial charge in [0, 0.05) is 21.9 Å². The van der Waals surface area contributed by atoms with E-state index < -0.39 is 0 Å². The highest BCUT2D eigenvalue weighted by atomic mass is 32.2. The predicted molar refractivity (Wildman–Crippen MR) is 240 cm³/mol.